The molecule has 1 aliphatic rings. The lowest BCUT2D eigenvalue weighted by molar-refractivity contribution is 0.0815. The van der Waals surface area contributed by atoms with Crippen LogP contribution in [0.4, 0.5) is 14.3 Å². The number of aromatic nitrogens is 2. The lowest BCUT2D eigenvalue weighted by Gasteiger charge is -2.24. The molecule has 1 aliphatic heterocycles. The van der Waals surface area contributed by atoms with Gasteiger partial charge >= 0.3 is 6.03 Å². The maximum Gasteiger partial charge on any atom is 0.321 e. The second-order valence-corrected chi connectivity index (χ2v) is 5.76. The number of nitrogens with one attached hydrogen (secondary N) is 2. The molecule has 0 radical (unpaired) electrons. The fourth-order valence-electron chi connectivity index (χ4n) is 2.43. The van der Waals surface area contributed by atoms with Crippen LogP contribution in [0.5, 0.6) is 0 Å². The molecule has 1 fully saturated rings. The number of rotatable bonds is 4. The molecule has 2 N–H and O–H groups in total. The van der Waals surface area contributed by atoms with Gasteiger partial charge in [-0.25, -0.2) is 9.18 Å². The smallest absolute Gasteiger partial charge is 0.321 e. The van der Waals surface area contributed by atoms with Gasteiger partial charge in [-0.3, -0.25) is 5.32 Å². The molecule has 22 heavy (non-hydrogen) atoms. The Labute approximate surface area is 130 Å². The normalized spacial score (nSPS) is 18.9. The Morgan fingerprint density at radius 1 is 1.41 bits per heavy atom. The molecule has 0 unspecified atom stereocenters. The van der Waals surface area contributed by atoms with Crippen LogP contribution in [0, 0.1) is 5.82 Å². The molecule has 116 valence electrons. The number of benzene rings is 1. The van der Waals surface area contributed by atoms with E-state index in [-0.39, 0.29) is 24.0 Å². The number of ether oxygens (including phenoxy) is 1. The summed E-state index contributed by atoms with van der Waals surface area (Å²) in [5, 5.41) is 13.3. The summed E-state index contributed by atoms with van der Waals surface area (Å²) in [7, 11) is 0. The van der Waals surface area contributed by atoms with Gasteiger partial charge < -0.3 is 10.1 Å². The summed E-state index contributed by atoms with van der Waals surface area (Å²) < 4.78 is 18.8. The lowest BCUT2D eigenvalue weighted by atomic mass is 9.99. The molecule has 0 saturated carbocycles. The van der Waals surface area contributed by atoms with E-state index in [0.29, 0.717) is 11.7 Å². The third-order valence-corrected chi connectivity index (χ3v) is 4.04. The Hall–Kier alpha value is -2.06. The number of halogens is 1. The highest BCUT2D eigenvalue weighted by molar-refractivity contribution is 7.13. The molecule has 8 heteroatoms. The molecular weight excluding hydrogens is 307 g/mol. The fourth-order valence-corrected chi connectivity index (χ4v) is 2.87. The SMILES string of the molecule is O=C(Nc1nncs1)N[C@H](c1ccc(F)cc1)[C@@H]1CCCO1. The van der Waals surface area contributed by atoms with Gasteiger partial charge in [0.25, 0.3) is 0 Å². The van der Waals surface area contributed by atoms with E-state index in [1.807, 2.05) is 0 Å². The van der Waals surface area contributed by atoms with Crippen LogP contribution in [0.3, 0.4) is 0 Å². The van der Waals surface area contributed by atoms with Gasteiger partial charge in [0.1, 0.15) is 11.3 Å². The minimum atomic E-state index is -0.387. The summed E-state index contributed by atoms with van der Waals surface area (Å²) in [6, 6.07) is 5.35. The highest BCUT2D eigenvalue weighted by Crippen LogP contribution is 2.27. The topological polar surface area (TPSA) is 76.1 Å². The van der Waals surface area contributed by atoms with E-state index in [1.54, 1.807) is 12.1 Å². The van der Waals surface area contributed by atoms with E-state index in [0.717, 1.165) is 18.4 Å². The Balaban J connectivity index is 1.73. The zero-order valence-corrected chi connectivity index (χ0v) is 12.5. The van der Waals surface area contributed by atoms with Crippen molar-refractivity contribution in [2.45, 2.75) is 25.0 Å². The van der Waals surface area contributed by atoms with Crippen LogP contribution in [0.25, 0.3) is 0 Å². The van der Waals surface area contributed by atoms with Gasteiger partial charge in [-0.2, -0.15) is 0 Å². The average molecular weight is 322 g/mol. The van der Waals surface area contributed by atoms with Crippen LogP contribution in [0.1, 0.15) is 24.4 Å². The molecule has 1 saturated heterocycles. The van der Waals surface area contributed by atoms with Crippen molar-refractivity contribution in [2.24, 2.45) is 0 Å². The predicted molar refractivity (Wildman–Crippen MR) is 80.2 cm³/mol. The van der Waals surface area contributed by atoms with Crippen molar-refractivity contribution in [1.29, 1.82) is 0 Å². The fraction of sp³-hybridized carbons (Fsp3) is 0.357. The van der Waals surface area contributed by atoms with Crippen molar-refractivity contribution >= 4 is 22.5 Å². The quantitative estimate of drug-likeness (QED) is 0.907. The first-order valence-corrected chi connectivity index (χ1v) is 7.81. The van der Waals surface area contributed by atoms with Crippen LogP contribution in [-0.2, 0) is 4.74 Å². The highest BCUT2D eigenvalue weighted by atomic mass is 32.1. The second kappa shape index (κ2) is 6.80. The monoisotopic (exact) mass is 322 g/mol. The molecule has 2 heterocycles. The molecule has 2 atom stereocenters. The zero-order valence-electron chi connectivity index (χ0n) is 11.7. The summed E-state index contributed by atoms with van der Waals surface area (Å²) in [6.07, 6.45) is 1.68. The van der Waals surface area contributed by atoms with E-state index < -0.39 is 0 Å². The number of carbonyl (C=O) groups is 1. The molecule has 0 aliphatic carbocycles. The van der Waals surface area contributed by atoms with Crippen molar-refractivity contribution in [2.75, 3.05) is 11.9 Å². The van der Waals surface area contributed by atoms with Gasteiger partial charge in [-0.1, -0.05) is 23.5 Å². The van der Waals surface area contributed by atoms with E-state index in [4.69, 9.17) is 4.74 Å². The van der Waals surface area contributed by atoms with Crippen molar-refractivity contribution in [3.8, 4) is 0 Å². The van der Waals surface area contributed by atoms with Crippen molar-refractivity contribution < 1.29 is 13.9 Å². The van der Waals surface area contributed by atoms with Gasteiger partial charge in [-0.15, -0.1) is 10.2 Å². The first-order chi connectivity index (χ1) is 10.7. The minimum absolute atomic E-state index is 0.120. The first kappa shape index (κ1) is 14.9. The van der Waals surface area contributed by atoms with Crippen molar-refractivity contribution in [1.82, 2.24) is 15.5 Å². The van der Waals surface area contributed by atoms with Gasteiger partial charge in [0.2, 0.25) is 5.13 Å². The molecule has 2 aromatic rings. The minimum Gasteiger partial charge on any atom is -0.376 e. The van der Waals surface area contributed by atoms with Crippen LogP contribution in [0.15, 0.2) is 29.8 Å². The number of anilines is 1. The first-order valence-electron chi connectivity index (χ1n) is 6.93. The van der Waals surface area contributed by atoms with Crippen LogP contribution in [-0.4, -0.2) is 28.9 Å². The Morgan fingerprint density at radius 3 is 2.86 bits per heavy atom. The molecule has 0 bridgehead atoms. The summed E-state index contributed by atoms with van der Waals surface area (Å²) in [5.41, 5.74) is 2.34. The molecule has 2 amide bonds. The molecular formula is C14H15FN4O2S. The van der Waals surface area contributed by atoms with Gasteiger partial charge in [0.15, 0.2) is 0 Å². The number of nitrogens with zero attached hydrogens (tertiary/aromatic N) is 2. The molecule has 3 rings (SSSR count). The molecule has 1 aromatic heterocycles. The van der Waals surface area contributed by atoms with E-state index in [9.17, 15) is 9.18 Å². The standard InChI is InChI=1S/C14H15FN4O2S/c15-10-5-3-9(4-6-10)12(11-2-1-7-21-11)17-13(20)18-14-19-16-8-22-14/h3-6,8,11-12H,1-2,7H2,(H2,17,18,19,20)/t11-,12+/m0/s1. The summed E-state index contributed by atoms with van der Waals surface area (Å²) in [5.74, 6) is -0.312. The van der Waals surface area contributed by atoms with Gasteiger partial charge in [0.05, 0.1) is 12.1 Å². The van der Waals surface area contributed by atoms with Gasteiger partial charge in [0, 0.05) is 6.61 Å². The number of carbonyl (C=O) groups excluding carboxylic acids is 1. The number of hydrogen-bond donors (Lipinski definition) is 2. The Morgan fingerprint density at radius 2 is 2.23 bits per heavy atom. The molecule has 0 spiro atoms. The maximum absolute atomic E-state index is 13.1. The second-order valence-electron chi connectivity index (χ2n) is 4.92. The number of amides is 2. The summed E-state index contributed by atoms with van der Waals surface area (Å²) in [4.78, 5) is 12.1. The van der Waals surface area contributed by atoms with Crippen molar-refractivity contribution in [3.05, 3.63) is 41.2 Å². The number of urea groups is 1. The highest BCUT2D eigenvalue weighted by Gasteiger charge is 2.29. The molecule has 1 aromatic carbocycles. The van der Waals surface area contributed by atoms with E-state index in [1.165, 1.54) is 29.0 Å². The van der Waals surface area contributed by atoms with E-state index >= 15 is 0 Å². The predicted octanol–water partition coefficient (Wildman–Crippen LogP) is 2.72. The van der Waals surface area contributed by atoms with Gasteiger partial charge in [-0.05, 0) is 30.5 Å². The Kier molecular flexibility index (Phi) is 4.59. The van der Waals surface area contributed by atoms with Crippen LogP contribution in [0.2, 0.25) is 0 Å². The lowest BCUT2D eigenvalue weighted by Crippen LogP contribution is -2.38. The van der Waals surface area contributed by atoms with E-state index in [2.05, 4.69) is 20.8 Å². The zero-order chi connectivity index (χ0) is 15.4. The Bertz CT molecular complexity index is 614. The third-order valence-electron chi connectivity index (χ3n) is 3.43. The van der Waals surface area contributed by atoms with Crippen LogP contribution < -0.4 is 10.6 Å². The largest absolute Gasteiger partial charge is 0.376 e. The molecule has 6 nitrogen and oxygen atoms in total. The van der Waals surface area contributed by atoms with Crippen molar-refractivity contribution in [3.63, 3.8) is 0 Å². The third kappa shape index (κ3) is 3.58. The number of hydrogen-bond acceptors (Lipinski definition) is 5. The van der Waals surface area contributed by atoms with Crippen LogP contribution >= 0.6 is 11.3 Å². The summed E-state index contributed by atoms with van der Waals surface area (Å²) >= 11 is 1.23. The maximum atomic E-state index is 13.1. The summed E-state index contributed by atoms with van der Waals surface area (Å²) in [6.45, 7) is 0.669. The average Bonchev–Trinajstić information content (AvgIpc) is 3.19.